The van der Waals surface area contributed by atoms with Crippen LogP contribution in [0.2, 0.25) is 0 Å². The average Bonchev–Trinajstić information content (AvgIpc) is 3.15. The Bertz CT molecular complexity index is 772. The molecule has 0 saturated carbocycles. The van der Waals surface area contributed by atoms with E-state index in [0.717, 1.165) is 44.9 Å². The van der Waals surface area contributed by atoms with E-state index in [-0.39, 0.29) is 30.0 Å². The summed E-state index contributed by atoms with van der Waals surface area (Å²) in [6.07, 6.45) is 4.22. The molecule has 2 aliphatic rings. The first-order chi connectivity index (χ1) is 13.4. The number of benzene rings is 1. The van der Waals surface area contributed by atoms with Gasteiger partial charge in [0.2, 0.25) is 10.0 Å². The molecule has 0 radical (unpaired) electrons. The third kappa shape index (κ3) is 6.30. The van der Waals surface area contributed by atoms with Gasteiger partial charge in [0, 0.05) is 32.2 Å². The number of hydrogen-bond acceptors (Lipinski definition) is 3. The normalized spacial score (nSPS) is 26.2. The molecule has 6 nitrogen and oxygen atoms in total. The van der Waals surface area contributed by atoms with E-state index in [0.29, 0.717) is 24.9 Å². The summed E-state index contributed by atoms with van der Waals surface area (Å²) in [4.78, 5) is 7.18. The predicted octanol–water partition coefficient (Wildman–Crippen LogP) is 3.12. The van der Waals surface area contributed by atoms with Crippen LogP contribution >= 0.6 is 24.0 Å². The highest BCUT2D eigenvalue weighted by molar-refractivity contribution is 14.0. The number of aliphatic imine (C=N–C) groups is 1. The maximum atomic E-state index is 12.0. The van der Waals surface area contributed by atoms with Crippen LogP contribution < -0.4 is 5.32 Å². The summed E-state index contributed by atoms with van der Waals surface area (Å²) in [7, 11) is -3.15. The molecule has 29 heavy (non-hydrogen) atoms. The molecule has 1 aromatic rings. The minimum Gasteiger partial charge on any atom is -0.357 e. The highest BCUT2D eigenvalue weighted by Crippen LogP contribution is 2.32. The molecule has 0 bridgehead atoms. The van der Waals surface area contributed by atoms with E-state index in [2.05, 4.69) is 54.4 Å². The van der Waals surface area contributed by atoms with Gasteiger partial charge >= 0.3 is 0 Å². The second-order valence-corrected chi connectivity index (χ2v) is 10.0. The summed E-state index contributed by atoms with van der Waals surface area (Å²) in [5, 5.41) is 3.41. The third-order valence-electron chi connectivity index (χ3n) is 5.97. The molecule has 3 rings (SSSR count). The third-order valence-corrected chi connectivity index (χ3v) is 7.30. The summed E-state index contributed by atoms with van der Waals surface area (Å²) < 4.78 is 25.6. The Balaban J connectivity index is 0.00000300. The van der Waals surface area contributed by atoms with E-state index in [9.17, 15) is 8.42 Å². The summed E-state index contributed by atoms with van der Waals surface area (Å²) >= 11 is 0. The van der Waals surface area contributed by atoms with Crippen LogP contribution in [0.3, 0.4) is 0 Å². The Morgan fingerprint density at radius 3 is 2.55 bits per heavy atom. The van der Waals surface area contributed by atoms with Crippen LogP contribution in [0, 0.1) is 5.92 Å². The Kier molecular flexibility index (Phi) is 9.21. The summed E-state index contributed by atoms with van der Waals surface area (Å²) in [5.74, 6) is 2.04. The minimum atomic E-state index is -3.15. The summed E-state index contributed by atoms with van der Waals surface area (Å²) in [6, 6.07) is 10.8. The van der Waals surface area contributed by atoms with Gasteiger partial charge in [0.05, 0.1) is 12.8 Å². The molecule has 2 saturated heterocycles. The number of nitrogens with zero attached hydrogens (tertiary/aromatic N) is 3. The largest absolute Gasteiger partial charge is 0.357 e. The van der Waals surface area contributed by atoms with E-state index in [1.54, 1.807) is 4.31 Å². The number of nitrogens with one attached hydrogen (secondary N) is 1. The fourth-order valence-corrected chi connectivity index (χ4v) is 5.75. The van der Waals surface area contributed by atoms with Crippen molar-refractivity contribution in [2.75, 3.05) is 39.0 Å². The van der Waals surface area contributed by atoms with E-state index in [1.165, 1.54) is 11.8 Å². The number of likely N-dealkylation sites (tertiary alicyclic amines) is 1. The fraction of sp³-hybridized carbons (Fsp3) is 0.667. The molecule has 3 atom stereocenters. The predicted molar refractivity (Wildman–Crippen MR) is 131 cm³/mol. The number of guanidine groups is 1. The zero-order chi connectivity index (χ0) is 20.1. The quantitative estimate of drug-likeness (QED) is 0.358. The van der Waals surface area contributed by atoms with Crippen molar-refractivity contribution in [2.45, 2.75) is 45.1 Å². The van der Waals surface area contributed by atoms with E-state index >= 15 is 0 Å². The summed E-state index contributed by atoms with van der Waals surface area (Å²) in [6.45, 7) is 8.29. The van der Waals surface area contributed by atoms with Crippen molar-refractivity contribution in [3.8, 4) is 0 Å². The Morgan fingerprint density at radius 1 is 1.21 bits per heavy atom. The van der Waals surface area contributed by atoms with E-state index in [4.69, 9.17) is 4.99 Å². The SMILES string of the molecule is CCNC(=NC[C@H]1CCCN1S(C)(=O)=O)N1CCC(c2ccccc2)C(C)C1.I. The van der Waals surface area contributed by atoms with Crippen LogP contribution in [0.15, 0.2) is 35.3 Å². The van der Waals surface area contributed by atoms with Gasteiger partial charge in [0.15, 0.2) is 5.96 Å². The lowest BCUT2D eigenvalue weighted by Crippen LogP contribution is -2.48. The standard InChI is InChI=1S/C21H34N4O2S.HI/c1-4-22-21(23-15-19-11-8-13-25(19)28(3,26)27)24-14-12-20(17(2)16-24)18-9-6-5-7-10-18;/h5-7,9-10,17,19-20H,4,8,11-16H2,1-3H3,(H,22,23);1H/t17?,19-,20?;/m1./s1. The first-order valence-corrected chi connectivity index (χ1v) is 12.3. The highest BCUT2D eigenvalue weighted by atomic mass is 127. The molecular weight excluding hydrogens is 499 g/mol. The van der Waals surface area contributed by atoms with Gasteiger partial charge in [-0.1, -0.05) is 37.3 Å². The molecule has 0 amide bonds. The first kappa shape index (κ1) is 24.4. The molecule has 2 fully saturated rings. The molecule has 1 aromatic carbocycles. The van der Waals surface area contributed by atoms with Crippen LogP contribution in [0.4, 0.5) is 0 Å². The Hall–Kier alpha value is -0.870. The van der Waals surface area contributed by atoms with Gasteiger partial charge < -0.3 is 10.2 Å². The van der Waals surface area contributed by atoms with Gasteiger partial charge in [0.25, 0.3) is 0 Å². The van der Waals surface area contributed by atoms with Crippen LogP contribution in [0.5, 0.6) is 0 Å². The van der Waals surface area contributed by atoms with Crippen molar-refractivity contribution in [1.82, 2.24) is 14.5 Å². The fourth-order valence-electron chi connectivity index (χ4n) is 4.58. The molecular formula is C21H35IN4O2S. The van der Waals surface area contributed by atoms with E-state index in [1.807, 2.05) is 0 Å². The van der Waals surface area contributed by atoms with Gasteiger partial charge in [-0.2, -0.15) is 4.31 Å². The molecule has 0 aromatic heterocycles. The van der Waals surface area contributed by atoms with Crippen molar-refractivity contribution in [3.63, 3.8) is 0 Å². The van der Waals surface area contributed by atoms with Gasteiger partial charge in [0.1, 0.15) is 0 Å². The van der Waals surface area contributed by atoms with Crippen molar-refractivity contribution >= 4 is 40.0 Å². The van der Waals surface area contributed by atoms with Crippen molar-refractivity contribution in [1.29, 1.82) is 0 Å². The monoisotopic (exact) mass is 534 g/mol. The first-order valence-electron chi connectivity index (χ1n) is 10.4. The second kappa shape index (κ2) is 10.9. The summed E-state index contributed by atoms with van der Waals surface area (Å²) in [5.41, 5.74) is 1.42. The van der Waals surface area contributed by atoms with Crippen LogP contribution in [0.1, 0.15) is 44.6 Å². The van der Waals surface area contributed by atoms with Crippen molar-refractivity contribution in [2.24, 2.45) is 10.9 Å². The van der Waals surface area contributed by atoms with Gasteiger partial charge in [-0.05, 0) is 43.6 Å². The zero-order valence-electron chi connectivity index (χ0n) is 17.8. The van der Waals surface area contributed by atoms with Crippen LogP contribution in [0.25, 0.3) is 0 Å². The number of hydrogen-bond donors (Lipinski definition) is 1. The molecule has 1 N–H and O–H groups in total. The lowest BCUT2D eigenvalue weighted by Gasteiger charge is -2.39. The van der Waals surface area contributed by atoms with E-state index < -0.39 is 10.0 Å². The molecule has 8 heteroatoms. The molecule has 164 valence electrons. The maximum absolute atomic E-state index is 12.0. The van der Waals surface area contributed by atoms with Crippen LogP contribution in [-0.4, -0.2) is 68.6 Å². The number of rotatable bonds is 5. The lowest BCUT2D eigenvalue weighted by molar-refractivity contribution is 0.234. The smallest absolute Gasteiger partial charge is 0.211 e. The number of halogens is 1. The van der Waals surface area contributed by atoms with Crippen molar-refractivity contribution in [3.05, 3.63) is 35.9 Å². The molecule has 0 aliphatic carbocycles. The average molecular weight is 535 g/mol. The number of piperidine rings is 1. The minimum absolute atomic E-state index is 0. The second-order valence-electron chi connectivity index (χ2n) is 8.09. The van der Waals surface area contributed by atoms with Crippen molar-refractivity contribution < 1.29 is 8.42 Å². The molecule has 2 aliphatic heterocycles. The topological polar surface area (TPSA) is 65.0 Å². The zero-order valence-corrected chi connectivity index (χ0v) is 20.9. The lowest BCUT2D eigenvalue weighted by atomic mass is 9.82. The Morgan fingerprint density at radius 2 is 1.93 bits per heavy atom. The number of sulfonamides is 1. The van der Waals surface area contributed by atoms with Gasteiger partial charge in [-0.3, -0.25) is 4.99 Å². The van der Waals surface area contributed by atoms with Gasteiger partial charge in [-0.15, -0.1) is 24.0 Å². The van der Waals surface area contributed by atoms with Crippen LogP contribution in [-0.2, 0) is 10.0 Å². The molecule has 0 spiro atoms. The molecule has 2 heterocycles. The maximum Gasteiger partial charge on any atom is 0.211 e. The highest BCUT2D eigenvalue weighted by Gasteiger charge is 2.32. The Labute approximate surface area is 193 Å². The van der Waals surface area contributed by atoms with Gasteiger partial charge in [-0.25, -0.2) is 8.42 Å². The molecule has 2 unspecified atom stereocenters.